The lowest BCUT2D eigenvalue weighted by atomic mass is 10.1. The number of aromatic nitrogens is 4. The fourth-order valence-corrected chi connectivity index (χ4v) is 6.21. The van der Waals surface area contributed by atoms with Gasteiger partial charge in [0.2, 0.25) is 10.0 Å². The Morgan fingerprint density at radius 1 is 1.16 bits per heavy atom. The molecule has 1 unspecified atom stereocenters. The van der Waals surface area contributed by atoms with E-state index in [1.165, 1.54) is 18.5 Å². The van der Waals surface area contributed by atoms with Crippen LogP contribution in [0, 0.1) is 0 Å². The van der Waals surface area contributed by atoms with Crippen molar-refractivity contribution >= 4 is 33.2 Å². The Bertz CT molecular complexity index is 1760. The Labute approximate surface area is 245 Å². The number of para-hydroxylation sites is 1. The lowest BCUT2D eigenvalue weighted by Gasteiger charge is -2.32. The lowest BCUT2D eigenvalue weighted by Crippen LogP contribution is -2.38. The standard InChI is InChI=1S/C28H28F3N7O4S/c1-18(16-39)14-37-12-4-5-21(15-37)38-27-24(26(32)33-17-34-27)25(36-38)20-10-8-19(9-11-20)13-35-43(40,41)23-7-3-2-6-22(23)42-28(29,30)31/h2-3,6-11,16-17,21,35H,1,4-5,12-15H2,(H2,32,33,34). The Morgan fingerprint density at radius 3 is 2.63 bits per heavy atom. The zero-order valence-electron chi connectivity index (χ0n) is 22.8. The topological polar surface area (TPSA) is 145 Å². The maximum atomic E-state index is 12.8. The minimum absolute atomic E-state index is 0.0309. The second kappa shape index (κ2) is 12.1. The minimum atomic E-state index is -5.05. The van der Waals surface area contributed by atoms with E-state index >= 15 is 0 Å². The summed E-state index contributed by atoms with van der Waals surface area (Å²) in [5.74, 6) is -0.570. The zero-order valence-corrected chi connectivity index (χ0v) is 23.6. The fourth-order valence-electron chi connectivity index (χ4n) is 5.07. The van der Waals surface area contributed by atoms with Crippen LogP contribution in [0.4, 0.5) is 19.0 Å². The van der Waals surface area contributed by atoms with E-state index in [2.05, 4.69) is 30.9 Å². The number of likely N-dealkylation sites (tertiary alicyclic amines) is 1. The van der Waals surface area contributed by atoms with E-state index in [-0.39, 0.29) is 18.4 Å². The summed E-state index contributed by atoms with van der Waals surface area (Å²) >= 11 is 0. The number of alkyl halides is 3. The van der Waals surface area contributed by atoms with Crippen molar-refractivity contribution in [2.75, 3.05) is 25.4 Å². The first-order valence-electron chi connectivity index (χ1n) is 13.2. The SMILES string of the molecule is C=C(C=O)CN1CCCC(n2nc(-c3ccc(CNS(=O)(=O)c4ccccc4OC(F)(F)F)cc3)c3c(N)ncnc32)C1. The first kappa shape index (κ1) is 30.1. The van der Waals surface area contributed by atoms with E-state index in [1.807, 2.05) is 4.68 Å². The van der Waals surface area contributed by atoms with Crippen LogP contribution >= 0.6 is 0 Å². The summed E-state index contributed by atoms with van der Waals surface area (Å²) < 4.78 is 72.0. The molecule has 1 aliphatic rings. The van der Waals surface area contributed by atoms with Crippen LogP contribution in [-0.4, -0.2) is 65.3 Å². The highest BCUT2D eigenvalue weighted by atomic mass is 32.2. The molecule has 43 heavy (non-hydrogen) atoms. The van der Waals surface area contributed by atoms with Crippen molar-refractivity contribution < 1.29 is 31.1 Å². The van der Waals surface area contributed by atoms with Crippen LogP contribution in [0.1, 0.15) is 24.4 Å². The van der Waals surface area contributed by atoms with E-state index in [0.717, 1.165) is 37.8 Å². The number of halogens is 3. The third-order valence-corrected chi connectivity index (χ3v) is 8.44. The summed E-state index contributed by atoms with van der Waals surface area (Å²) in [5, 5.41) is 5.45. The van der Waals surface area contributed by atoms with E-state index in [1.54, 1.807) is 24.3 Å². The molecule has 1 aliphatic heterocycles. The molecule has 0 amide bonds. The van der Waals surface area contributed by atoms with Crippen LogP contribution in [0.2, 0.25) is 0 Å². The molecule has 2 aromatic carbocycles. The fraction of sp³-hybridized carbons (Fsp3) is 0.286. The number of nitrogens with one attached hydrogen (secondary N) is 1. The van der Waals surface area contributed by atoms with Gasteiger partial charge < -0.3 is 10.5 Å². The van der Waals surface area contributed by atoms with E-state index < -0.39 is 27.0 Å². The van der Waals surface area contributed by atoms with Crippen molar-refractivity contribution in [3.63, 3.8) is 0 Å². The number of benzene rings is 2. The number of nitrogens with two attached hydrogens (primary N) is 1. The van der Waals surface area contributed by atoms with Gasteiger partial charge in [-0.15, -0.1) is 13.2 Å². The van der Waals surface area contributed by atoms with E-state index in [4.69, 9.17) is 10.8 Å². The Balaban J connectivity index is 1.37. The summed E-state index contributed by atoms with van der Waals surface area (Å²) in [7, 11) is -4.33. The number of aldehydes is 1. The Morgan fingerprint density at radius 2 is 1.91 bits per heavy atom. The third-order valence-electron chi connectivity index (χ3n) is 7.00. The second-order valence-electron chi connectivity index (χ2n) is 10.1. The maximum Gasteiger partial charge on any atom is 0.573 e. The largest absolute Gasteiger partial charge is 0.573 e. The molecule has 3 N–H and O–H groups in total. The van der Waals surface area contributed by atoms with Gasteiger partial charge in [-0.2, -0.15) is 5.10 Å². The smallest absolute Gasteiger partial charge is 0.404 e. The number of piperidine rings is 1. The number of hydrogen-bond donors (Lipinski definition) is 2. The Kier molecular flexibility index (Phi) is 8.48. The number of nitrogen functional groups attached to an aromatic ring is 1. The van der Waals surface area contributed by atoms with Gasteiger partial charge in [0, 0.05) is 25.2 Å². The van der Waals surface area contributed by atoms with Crippen molar-refractivity contribution in [3.05, 3.63) is 72.6 Å². The molecule has 1 fully saturated rings. The second-order valence-corrected chi connectivity index (χ2v) is 11.8. The molecule has 4 aromatic rings. The van der Waals surface area contributed by atoms with Gasteiger partial charge in [-0.05, 0) is 42.7 Å². The van der Waals surface area contributed by atoms with Crippen LogP contribution in [0.5, 0.6) is 5.75 Å². The molecule has 1 saturated heterocycles. The number of nitrogens with zero attached hydrogens (tertiary/aromatic N) is 5. The van der Waals surface area contributed by atoms with Gasteiger partial charge >= 0.3 is 6.36 Å². The Hall–Kier alpha value is -4.34. The number of anilines is 1. The predicted octanol–water partition coefficient (Wildman–Crippen LogP) is 3.84. The molecule has 0 spiro atoms. The highest BCUT2D eigenvalue weighted by molar-refractivity contribution is 7.89. The van der Waals surface area contributed by atoms with Crippen molar-refractivity contribution in [2.24, 2.45) is 0 Å². The molecule has 3 heterocycles. The summed E-state index contributed by atoms with van der Waals surface area (Å²) in [4.78, 5) is 21.2. The molecule has 0 radical (unpaired) electrons. The summed E-state index contributed by atoms with van der Waals surface area (Å²) in [5.41, 5.74) is 9.11. The van der Waals surface area contributed by atoms with Crippen molar-refractivity contribution in [2.45, 2.75) is 36.7 Å². The molecule has 0 aliphatic carbocycles. The number of carbonyl (C=O) groups excluding carboxylic acids is 1. The molecule has 226 valence electrons. The predicted molar refractivity (Wildman–Crippen MR) is 152 cm³/mol. The normalized spacial score (nSPS) is 16.3. The molecule has 2 aromatic heterocycles. The van der Waals surface area contributed by atoms with Crippen LogP contribution < -0.4 is 15.2 Å². The number of carbonyl (C=O) groups is 1. The van der Waals surface area contributed by atoms with Crippen molar-refractivity contribution in [1.29, 1.82) is 0 Å². The van der Waals surface area contributed by atoms with Crippen molar-refractivity contribution in [3.8, 4) is 17.0 Å². The number of rotatable bonds is 10. The van der Waals surface area contributed by atoms with Gasteiger partial charge in [0.1, 0.15) is 34.8 Å². The molecule has 5 rings (SSSR count). The molecule has 0 bridgehead atoms. The quantitative estimate of drug-likeness (QED) is 0.201. The van der Waals surface area contributed by atoms with E-state index in [0.29, 0.717) is 46.5 Å². The lowest BCUT2D eigenvalue weighted by molar-refractivity contribution is -0.275. The zero-order chi connectivity index (χ0) is 30.8. The van der Waals surface area contributed by atoms with Gasteiger partial charge in [0.05, 0.1) is 11.4 Å². The van der Waals surface area contributed by atoms with Gasteiger partial charge in [0.15, 0.2) is 5.65 Å². The highest BCUT2D eigenvalue weighted by Gasteiger charge is 2.34. The molecular formula is C28H28F3N7O4S. The van der Waals surface area contributed by atoms with Crippen molar-refractivity contribution in [1.82, 2.24) is 29.4 Å². The number of fused-ring (bicyclic) bond motifs is 1. The average molecular weight is 616 g/mol. The minimum Gasteiger partial charge on any atom is -0.404 e. The van der Waals surface area contributed by atoms with Gasteiger partial charge in [-0.3, -0.25) is 9.69 Å². The van der Waals surface area contributed by atoms with Gasteiger partial charge in [-0.25, -0.2) is 27.8 Å². The van der Waals surface area contributed by atoms with Crippen LogP contribution in [-0.2, 0) is 21.4 Å². The molecule has 15 heteroatoms. The maximum absolute atomic E-state index is 12.8. The van der Waals surface area contributed by atoms with Gasteiger partial charge in [-0.1, -0.05) is 43.0 Å². The van der Waals surface area contributed by atoms with Crippen LogP contribution in [0.25, 0.3) is 22.3 Å². The number of sulfonamides is 1. The number of hydrogen-bond acceptors (Lipinski definition) is 9. The first-order chi connectivity index (χ1) is 20.4. The molecular weight excluding hydrogens is 587 g/mol. The first-order valence-corrected chi connectivity index (χ1v) is 14.7. The number of ether oxygens (including phenoxy) is 1. The van der Waals surface area contributed by atoms with Crippen LogP contribution in [0.15, 0.2) is 71.9 Å². The molecule has 11 nitrogen and oxygen atoms in total. The summed E-state index contributed by atoms with van der Waals surface area (Å²) in [6, 6.07) is 11.3. The van der Waals surface area contributed by atoms with E-state index in [9.17, 15) is 26.4 Å². The summed E-state index contributed by atoms with van der Waals surface area (Å²) in [6.45, 7) is 5.54. The summed E-state index contributed by atoms with van der Waals surface area (Å²) in [6.07, 6.45) is -1.17. The molecule has 0 saturated carbocycles. The monoisotopic (exact) mass is 615 g/mol. The van der Waals surface area contributed by atoms with Gasteiger partial charge in [0.25, 0.3) is 0 Å². The average Bonchev–Trinajstić information content (AvgIpc) is 3.37. The van der Waals surface area contributed by atoms with Crippen LogP contribution in [0.3, 0.4) is 0 Å². The molecule has 1 atom stereocenters. The highest BCUT2D eigenvalue weighted by Crippen LogP contribution is 2.34. The third kappa shape index (κ3) is 6.84.